The van der Waals surface area contributed by atoms with E-state index in [1.165, 1.54) is 24.1 Å². The number of carbonyl (C=O) groups excluding carboxylic acids is 1. The van der Waals surface area contributed by atoms with Crippen LogP contribution in [0.2, 0.25) is 0 Å². The summed E-state index contributed by atoms with van der Waals surface area (Å²) < 4.78 is 0. The minimum absolute atomic E-state index is 0.123. The van der Waals surface area contributed by atoms with E-state index >= 15 is 0 Å². The van der Waals surface area contributed by atoms with Crippen LogP contribution < -0.4 is 10.2 Å². The van der Waals surface area contributed by atoms with Gasteiger partial charge in [-0.15, -0.1) is 0 Å². The number of benzene rings is 1. The monoisotopic (exact) mass is 275 g/mol. The molecule has 1 aromatic carbocycles. The number of likely N-dealkylation sites (tertiary alicyclic amines) is 1. The molecule has 1 atom stereocenters. The van der Waals surface area contributed by atoms with Crippen LogP contribution in [-0.4, -0.2) is 45.0 Å². The topological polar surface area (TPSA) is 35.6 Å². The molecular formula is C16H25N3O. The molecule has 1 saturated heterocycles. The van der Waals surface area contributed by atoms with Crippen LogP contribution in [-0.2, 0) is 4.79 Å². The summed E-state index contributed by atoms with van der Waals surface area (Å²) in [6.07, 6.45) is 2.98. The third-order valence-electron chi connectivity index (χ3n) is 4.04. The minimum atomic E-state index is 0.123. The van der Waals surface area contributed by atoms with Crippen molar-refractivity contribution in [3.05, 3.63) is 29.8 Å². The van der Waals surface area contributed by atoms with Gasteiger partial charge in [0.1, 0.15) is 0 Å². The summed E-state index contributed by atoms with van der Waals surface area (Å²) in [5.41, 5.74) is 2.60. The molecule has 0 bridgehead atoms. The van der Waals surface area contributed by atoms with Gasteiger partial charge in [0.2, 0.25) is 5.91 Å². The van der Waals surface area contributed by atoms with Crippen molar-refractivity contribution in [2.45, 2.75) is 25.3 Å². The molecule has 4 nitrogen and oxygen atoms in total. The quantitative estimate of drug-likeness (QED) is 0.893. The van der Waals surface area contributed by atoms with Gasteiger partial charge in [-0.25, -0.2) is 0 Å². The Morgan fingerprint density at radius 2 is 2.25 bits per heavy atom. The largest absolute Gasteiger partial charge is 0.378 e. The molecule has 1 N–H and O–H groups in total. The first-order valence-corrected chi connectivity index (χ1v) is 7.33. The highest BCUT2D eigenvalue weighted by atomic mass is 16.1. The highest BCUT2D eigenvalue weighted by Crippen LogP contribution is 2.33. The Kier molecular flexibility index (Phi) is 5.01. The zero-order chi connectivity index (χ0) is 14.5. The van der Waals surface area contributed by atoms with E-state index in [0.29, 0.717) is 12.5 Å². The number of rotatable bonds is 5. The van der Waals surface area contributed by atoms with Gasteiger partial charge in [0.25, 0.3) is 0 Å². The third-order valence-corrected chi connectivity index (χ3v) is 4.04. The summed E-state index contributed by atoms with van der Waals surface area (Å²) >= 11 is 0. The molecule has 0 unspecified atom stereocenters. The van der Waals surface area contributed by atoms with E-state index in [1.807, 2.05) is 0 Å². The van der Waals surface area contributed by atoms with Crippen LogP contribution in [0.15, 0.2) is 24.3 Å². The zero-order valence-electron chi connectivity index (χ0n) is 12.7. The predicted molar refractivity (Wildman–Crippen MR) is 83.0 cm³/mol. The molecule has 0 saturated carbocycles. The van der Waals surface area contributed by atoms with E-state index in [-0.39, 0.29) is 5.91 Å². The molecule has 2 rings (SSSR count). The van der Waals surface area contributed by atoms with Crippen molar-refractivity contribution in [3.8, 4) is 0 Å². The van der Waals surface area contributed by atoms with Crippen LogP contribution in [0.1, 0.15) is 30.9 Å². The molecule has 1 aliphatic heterocycles. The van der Waals surface area contributed by atoms with Gasteiger partial charge in [0.05, 0.1) is 0 Å². The average molecular weight is 275 g/mol. The number of anilines is 1. The smallest absolute Gasteiger partial charge is 0.221 e. The van der Waals surface area contributed by atoms with Crippen molar-refractivity contribution in [2.24, 2.45) is 0 Å². The van der Waals surface area contributed by atoms with Crippen LogP contribution in [0.25, 0.3) is 0 Å². The van der Waals surface area contributed by atoms with Crippen LogP contribution in [0.5, 0.6) is 0 Å². The fourth-order valence-electron chi connectivity index (χ4n) is 2.85. The van der Waals surface area contributed by atoms with Crippen LogP contribution in [0, 0.1) is 0 Å². The van der Waals surface area contributed by atoms with Gasteiger partial charge in [-0.3, -0.25) is 9.69 Å². The predicted octanol–water partition coefficient (Wildman–Crippen LogP) is 2.03. The fourth-order valence-corrected chi connectivity index (χ4v) is 2.85. The summed E-state index contributed by atoms with van der Waals surface area (Å²) in [7, 11) is 5.83. The molecular weight excluding hydrogens is 250 g/mol. The van der Waals surface area contributed by atoms with Crippen molar-refractivity contribution in [3.63, 3.8) is 0 Å². The van der Waals surface area contributed by atoms with E-state index in [1.54, 1.807) is 7.05 Å². The Labute approximate surface area is 121 Å². The molecule has 1 amide bonds. The molecule has 1 aromatic rings. The SMILES string of the molecule is CNC(=O)CCN1CCC[C@@H]1c1cccc(N(C)C)c1. The minimum Gasteiger partial charge on any atom is -0.378 e. The lowest BCUT2D eigenvalue weighted by molar-refractivity contribution is -0.121. The Morgan fingerprint density at radius 3 is 2.95 bits per heavy atom. The standard InChI is InChI=1S/C16H25N3O/c1-17-16(20)9-11-19-10-5-8-15(19)13-6-4-7-14(12-13)18(2)3/h4,6-7,12,15H,5,8-11H2,1-3H3,(H,17,20)/t15-/m1/s1. The first-order chi connectivity index (χ1) is 9.61. The van der Waals surface area contributed by atoms with E-state index in [2.05, 4.69) is 53.5 Å². The number of amides is 1. The van der Waals surface area contributed by atoms with Crippen LogP contribution in [0.3, 0.4) is 0 Å². The number of nitrogens with zero attached hydrogens (tertiary/aromatic N) is 2. The number of nitrogens with one attached hydrogen (secondary N) is 1. The molecule has 1 aliphatic rings. The van der Waals surface area contributed by atoms with Gasteiger partial charge in [-0.2, -0.15) is 0 Å². The van der Waals surface area contributed by atoms with E-state index < -0.39 is 0 Å². The van der Waals surface area contributed by atoms with Crippen LogP contribution >= 0.6 is 0 Å². The van der Waals surface area contributed by atoms with Crippen molar-refractivity contribution in [1.82, 2.24) is 10.2 Å². The van der Waals surface area contributed by atoms with Gasteiger partial charge in [0.15, 0.2) is 0 Å². The molecule has 1 fully saturated rings. The second-order valence-electron chi connectivity index (χ2n) is 5.61. The van der Waals surface area contributed by atoms with Crippen molar-refractivity contribution >= 4 is 11.6 Å². The second kappa shape index (κ2) is 6.75. The second-order valence-corrected chi connectivity index (χ2v) is 5.61. The maximum atomic E-state index is 11.4. The first-order valence-electron chi connectivity index (χ1n) is 7.33. The Hall–Kier alpha value is -1.55. The van der Waals surface area contributed by atoms with Gasteiger partial charge < -0.3 is 10.2 Å². The number of carbonyl (C=O) groups is 1. The van der Waals surface area contributed by atoms with E-state index in [9.17, 15) is 4.79 Å². The summed E-state index contributed by atoms with van der Waals surface area (Å²) in [6, 6.07) is 9.19. The zero-order valence-corrected chi connectivity index (χ0v) is 12.7. The third kappa shape index (κ3) is 3.51. The van der Waals surface area contributed by atoms with Gasteiger partial charge >= 0.3 is 0 Å². The molecule has 0 aliphatic carbocycles. The molecule has 0 spiro atoms. The molecule has 4 heteroatoms. The fraction of sp³-hybridized carbons (Fsp3) is 0.562. The highest BCUT2D eigenvalue weighted by molar-refractivity contribution is 5.75. The lowest BCUT2D eigenvalue weighted by atomic mass is 10.0. The first kappa shape index (κ1) is 14.9. The summed E-state index contributed by atoms with van der Waals surface area (Å²) in [5, 5.41) is 2.70. The summed E-state index contributed by atoms with van der Waals surface area (Å²) in [4.78, 5) is 16.0. The Morgan fingerprint density at radius 1 is 1.45 bits per heavy atom. The van der Waals surface area contributed by atoms with Crippen LogP contribution in [0.4, 0.5) is 5.69 Å². The maximum Gasteiger partial charge on any atom is 0.221 e. The molecule has 1 heterocycles. The summed E-state index contributed by atoms with van der Waals surface area (Å²) in [5.74, 6) is 0.123. The lowest BCUT2D eigenvalue weighted by Crippen LogP contribution is -2.29. The van der Waals surface area contributed by atoms with Gasteiger partial charge in [-0.1, -0.05) is 12.1 Å². The number of hydrogen-bond donors (Lipinski definition) is 1. The molecule has 20 heavy (non-hydrogen) atoms. The van der Waals surface area contributed by atoms with Crippen molar-refractivity contribution in [1.29, 1.82) is 0 Å². The molecule has 0 aromatic heterocycles. The van der Waals surface area contributed by atoms with Crippen molar-refractivity contribution < 1.29 is 4.79 Å². The molecule has 0 radical (unpaired) electrons. The summed E-state index contributed by atoms with van der Waals surface area (Å²) in [6.45, 7) is 1.93. The molecule has 110 valence electrons. The highest BCUT2D eigenvalue weighted by Gasteiger charge is 2.26. The normalized spacial score (nSPS) is 19.1. The maximum absolute atomic E-state index is 11.4. The van der Waals surface area contributed by atoms with E-state index in [0.717, 1.165) is 13.1 Å². The lowest BCUT2D eigenvalue weighted by Gasteiger charge is -2.25. The van der Waals surface area contributed by atoms with E-state index in [4.69, 9.17) is 0 Å². The Bertz CT molecular complexity index is 459. The van der Waals surface area contributed by atoms with Gasteiger partial charge in [-0.05, 0) is 37.1 Å². The Balaban J connectivity index is 2.06. The average Bonchev–Trinajstić information content (AvgIpc) is 2.93. The van der Waals surface area contributed by atoms with Gasteiger partial charge in [0, 0.05) is 45.8 Å². The van der Waals surface area contributed by atoms with Crippen molar-refractivity contribution in [2.75, 3.05) is 39.1 Å². The number of hydrogen-bond acceptors (Lipinski definition) is 3.